The van der Waals surface area contributed by atoms with Crippen molar-refractivity contribution in [2.45, 2.75) is 45.4 Å². The summed E-state index contributed by atoms with van der Waals surface area (Å²) in [4.78, 5) is 16.0. The van der Waals surface area contributed by atoms with Crippen molar-refractivity contribution in [2.24, 2.45) is 0 Å². The Bertz CT molecular complexity index is 971. The average Bonchev–Trinajstić information content (AvgIpc) is 3.24. The number of rotatable bonds is 10. The van der Waals surface area contributed by atoms with Gasteiger partial charge in [-0.25, -0.2) is 9.97 Å². The monoisotopic (exact) mass is 455 g/mol. The zero-order valence-corrected chi connectivity index (χ0v) is 19.2. The topological polar surface area (TPSA) is 65.3 Å². The number of benzene rings is 1. The molecule has 0 N–H and O–H groups in total. The van der Waals surface area contributed by atoms with Crippen LogP contribution >= 0.6 is 11.6 Å². The van der Waals surface area contributed by atoms with Crippen molar-refractivity contribution >= 4 is 11.6 Å². The number of hydrogen-bond donors (Lipinski definition) is 0. The van der Waals surface area contributed by atoms with Gasteiger partial charge in [-0.05, 0) is 37.5 Å². The van der Waals surface area contributed by atoms with Gasteiger partial charge in [-0.3, -0.25) is 4.90 Å². The van der Waals surface area contributed by atoms with Gasteiger partial charge in [0.25, 0.3) is 0 Å². The number of hydrogen-bond acceptors (Lipinski definition) is 6. The van der Waals surface area contributed by atoms with Crippen LogP contribution in [0.15, 0.2) is 48.9 Å². The third-order valence-corrected chi connectivity index (χ3v) is 5.88. The number of likely N-dealkylation sites (tertiary alicyclic amines) is 1. The van der Waals surface area contributed by atoms with Crippen LogP contribution in [0.25, 0.3) is 0 Å². The lowest BCUT2D eigenvalue weighted by atomic mass is 10.1. The van der Waals surface area contributed by atoms with Gasteiger partial charge in [0.15, 0.2) is 0 Å². The standard InChI is InChI=1S/C24H30ClN5O2/c1-2-31-16-15-30-14-11-27-23(30)18-29-12-8-21(9-13-29)32-24-7-10-26-22(28-24)17-19-3-5-20(25)6-4-19/h3-7,10-11,14,21H,2,8-9,12-13,15-18H2,1H3. The molecule has 0 spiro atoms. The predicted molar refractivity (Wildman–Crippen MR) is 124 cm³/mol. The summed E-state index contributed by atoms with van der Waals surface area (Å²) in [7, 11) is 0. The normalized spacial score (nSPS) is 15.2. The van der Waals surface area contributed by atoms with Gasteiger partial charge in [0, 0.05) is 62.3 Å². The van der Waals surface area contributed by atoms with Crippen molar-refractivity contribution in [3.8, 4) is 5.88 Å². The maximum atomic E-state index is 6.19. The molecular formula is C24H30ClN5O2. The molecule has 0 unspecified atom stereocenters. The molecule has 32 heavy (non-hydrogen) atoms. The Kier molecular flexibility index (Phi) is 8.09. The van der Waals surface area contributed by atoms with E-state index in [-0.39, 0.29) is 6.10 Å². The van der Waals surface area contributed by atoms with Gasteiger partial charge < -0.3 is 14.0 Å². The maximum absolute atomic E-state index is 6.19. The molecule has 0 bridgehead atoms. The van der Waals surface area contributed by atoms with Crippen molar-refractivity contribution in [1.82, 2.24) is 24.4 Å². The Labute approximate surface area is 194 Å². The number of piperidine rings is 1. The van der Waals surface area contributed by atoms with E-state index in [0.29, 0.717) is 18.9 Å². The van der Waals surface area contributed by atoms with Gasteiger partial charge >= 0.3 is 0 Å². The van der Waals surface area contributed by atoms with Gasteiger partial charge in [0.2, 0.25) is 5.88 Å². The molecular weight excluding hydrogens is 426 g/mol. The fourth-order valence-electron chi connectivity index (χ4n) is 3.87. The Balaban J connectivity index is 1.25. The second kappa shape index (κ2) is 11.4. The zero-order valence-electron chi connectivity index (χ0n) is 18.5. The van der Waals surface area contributed by atoms with Gasteiger partial charge in [-0.2, -0.15) is 4.98 Å². The van der Waals surface area contributed by atoms with E-state index in [9.17, 15) is 0 Å². The number of aromatic nitrogens is 4. The lowest BCUT2D eigenvalue weighted by Crippen LogP contribution is -2.38. The Morgan fingerprint density at radius 1 is 1.06 bits per heavy atom. The molecule has 0 radical (unpaired) electrons. The fourth-order valence-corrected chi connectivity index (χ4v) is 4.00. The first-order valence-corrected chi connectivity index (χ1v) is 11.6. The van der Waals surface area contributed by atoms with Gasteiger partial charge in [0.05, 0.1) is 13.2 Å². The molecule has 1 aliphatic rings. The van der Waals surface area contributed by atoms with E-state index >= 15 is 0 Å². The van der Waals surface area contributed by atoms with Crippen molar-refractivity contribution < 1.29 is 9.47 Å². The van der Waals surface area contributed by atoms with Crippen LogP contribution in [0.2, 0.25) is 5.02 Å². The lowest BCUT2D eigenvalue weighted by molar-refractivity contribution is 0.0901. The van der Waals surface area contributed by atoms with Crippen LogP contribution in [0, 0.1) is 0 Å². The minimum absolute atomic E-state index is 0.169. The molecule has 0 saturated carbocycles. The van der Waals surface area contributed by atoms with Crippen LogP contribution in [-0.4, -0.2) is 56.8 Å². The number of imidazole rings is 1. The van der Waals surface area contributed by atoms with E-state index in [4.69, 9.17) is 21.1 Å². The van der Waals surface area contributed by atoms with E-state index in [1.807, 2.05) is 49.6 Å². The quantitative estimate of drug-likeness (QED) is 0.430. The van der Waals surface area contributed by atoms with Crippen molar-refractivity contribution in [1.29, 1.82) is 0 Å². The molecule has 0 aliphatic carbocycles. The highest BCUT2D eigenvalue weighted by atomic mass is 35.5. The summed E-state index contributed by atoms with van der Waals surface area (Å²) < 4.78 is 13.8. The van der Waals surface area contributed by atoms with Gasteiger partial charge in [-0.15, -0.1) is 0 Å². The van der Waals surface area contributed by atoms with Crippen molar-refractivity contribution in [2.75, 3.05) is 26.3 Å². The number of nitrogens with zero attached hydrogens (tertiary/aromatic N) is 5. The first kappa shape index (κ1) is 22.7. The van der Waals surface area contributed by atoms with E-state index in [1.165, 1.54) is 0 Å². The maximum Gasteiger partial charge on any atom is 0.216 e. The summed E-state index contributed by atoms with van der Waals surface area (Å²) in [6, 6.07) is 9.61. The highest BCUT2D eigenvalue weighted by Gasteiger charge is 2.22. The Morgan fingerprint density at radius 3 is 2.66 bits per heavy atom. The van der Waals surface area contributed by atoms with E-state index in [0.717, 1.165) is 67.9 Å². The van der Waals surface area contributed by atoms with E-state index < -0.39 is 0 Å². The molecule has 2 aromatic heterocycles. The molecule has 1 saturated heterocycles. The van der Waals surface area contributed by atoms with Gasteiger partial charge in [0.1, 0.15) is 17.8 Å². The Morgan fingerprint density at radius 2 is 1.88 bits per heavy atom. The molecule has 0 amide bonds. The first-order chi connectivity index (χ1) is 15.7. The van der Waals surface area contributed by atoms with Gasteiger partial charge in [-0.1, -0.05) is 23.7 Å². The lowest BCUT2D eigenvalue weighted by Gasteiger charge is -2.31. The molecule has 1 fully saturated rings. The molecule has 3 heterocycles. The average molecular weight is 456 g/mol. The SMILES string of the molecule is CCOCCn1ccnc1CN1CCC(Oc2ccnc(Cc3ccc(Cl)cc3)n2)CC1. The second-order valence-corrected chi connectivity index (χ2v) is 8.38. The largest absolute Gasteiger partial charge is 0.474 e. The number of ether oxygens (including phenoxy) is 2. The van der Waals surface area contributed by atoms with E-state index in [1.54, 1.807) is 6.20 Å². The summed E-state index contributed by atoms with van der Waals surface area (Å²) in [6.45, 7) is 7.13. The van der Waals surface area contributed by atoms with Crippen LogP contribution in [-0.2, 0) is 24.2 Å². The molecule has 170 valence electrons. The minimum Gasteiger partial charge on any atom is -0.474 e. The third-order valence-electron chi connectivity index (χ3n) is 5.62. The molecule has 1 aliphatic heterocycles. The second-order valence-electron chi connectivity index (χ2n) is 7.94. The molecule has 8 heteroatoms. The summed E-state index contributed by atoms with van der Waals surface area (Å²) in [5, 5.41) is 0.729. The highest BCUT2D eigenvalue weighted by Crippen LogP contribution is 2.19. The molecule has 1 aromatic carbocycles. The minimum atomic E-state index is 0.169. The van der Waals surface area contributed by atoms with Crippen LogP contribution in [0.3, 0.4) is 0 Å². The van der Waals surface area contributed by atoms with Crippen molar-refractivity contribution in [3.63, 3.8) is 0 Å². The van der Waals surface area contributed by atoms with Crippen LogP contribution in [0.5, 0.6) is 5.88 Å². The van der Waals surface area contributed by atoms with Crippen LogP contribution < -0.4 is 4.74 Å². The predicted octanol–water partition coefficient (Wildman–Crippen LogP) is 4.00. The van der Waals surface area contributed by atoms with E-state index in [2.05, 4.69) is 24.4 Å². The zero-order chi connectivity index (χ0) is 22.2. The fraction of sp³-hybridized carbons (Fsp3) is 0.458. The summed E-state index contributed by atoms with van der Waals surface area (Å²) in [5.41, 5.74) is 1.12. The third kappa shape index (κ3) is 6.51. The van der Waals surface area contributed by atoms with Crippen LogP contribution in [0.1, 0.15) is 37.0 Å². The molecule has 7 nitrogen and oxygen atoms in total. The van der Waals surface area contributed by atoms with Crippen LogP contribution in [0.4, 0.5) is 0 Å². The smallest absolute Gasteiger partial charge is 0.216 e. The summed E-state index contributed by atoms with van der Waals surface area (Å²) in [6.07, 6.45) is 8.43. The first-order valence-electron chi connectivity index (χ1n) is 11.2. The number of halogens is 1. The Hall–Kier alpha value is -2.48. The molecule has 0 atom stereocenters. The molecule has 4 rings (SSSR count). The summed E-state index contributed by atoms with van der Waals surface area (Å²) >= 11 is 5.97. The highest BCUT2D eigenvalue weighted by molar-refractivity contribution is 6.30. The molecule has 3 aromatic rings. The van der Waals surface area contributed by atoms with Crippen molar-refractivity contribution in [3.05, 3.63) is 71.2 Å². The summed E-state index contributed by atoms with van der Waals surface area (Å²) in [5.74, 6) is 2.49.